The van der Waals surface area contributed by atoms with Crippen LogP contribution in [0.3, 0.4) is 0 Å². The molecule has 46 heavy (non-hydrogen) atoms. The van der Waals surface area contributed by atoms with Crippen molar-refractivity contribution >= 4 is 54.5 Å². The number of hydrogen-bond donors (Lipinski definition) is 0. The van der Waals surface area contributed by atoms with Crippen LogP contribution in [0.25, 0.3) is 43.1 Å². The molecule has 0 radical (unpaired) electrons. The molecule has 0 atom stereocenters. The van der Waals surface area contributed by atoms with E-state index in [2.05, 4.69) is 133 Å². The van der Waals surface area contributed by atoms with Gasteiger partial charge in [-0.3, -0.25) is 0 Å². The standard InChI is InChI=1S/C42H36N2O2/c1-3-43-23-27-21-29-25-45-41-37-19-11-7-15-33(37)34-16-8-12-20-38(34)42(41)46-26-30(29)22-28(27)24-44(4-2)40-36-18-10-6-14-32(36)31-13-5-9-17-35(31)39(40)43/h5-22H,3-4,23-26H2,1-2H3. The number of ether oxygens (including phenoxy) is 2. The topological polar surface area (TPSA) is 24.9 Å². The van der Waals surface area contributed by atoms with Crippen molar-refractivity contribution < 1.29 is 9.47 Å². The van der Waals surface area contributed by atoms with Crippen molar-refractivity contribution in [1.82, 2.24) is 0 Å². The number of benzene rings is 7. The molecular weight excluding hydrogens is 564 g/mol. The first kappa shape index (κ1) is 27.1. The van der Waals surface area contributed by atoms with E-state index in [1.807, 2.05) is 0 Å². The molecular formula is C42H36N2O2. The minimum Gasteiger partial charge on any atom is -0.484 e. The van der Waals surface area contributed by atoms with Gasteiger partial charge in [0.1, 0.15) is 13.2 Å². The normalized spacial score (nSPS) is 14.4. The van der Waals surface area contributed by atoms with Gasteiger partial charge in [0, 0.05) is 47.7 Å². The van der Waals surface area contributed by atoms with Crippen LogP contribution in [0.5, 0.6) is 11.5 Å². The molecule has 7 aromatic carbocycles. The lowest BCUT2D eigenvalue weighted by atomic mass is 9.92. The molecule has 7 aromatic rings. The second kappa shape index (κ2) is 10.7. The quantitative estimate of drug-likeness (QED) is 0.184. The molecule has 2 aliphatic heterocycles. The largest absolute Gasteiger partial charge is 0.484 e. The third-order valence-electron chi connectivity index (χ3n) is 10.1. The molecule has 226 valence electrons. The number of anilines is 2. The summed E-state index contributed by atoms with van der Waals surface area (Å²) in [5.74, 6) is 1.68. The van der Waals surface area contributed by atoms with Gasteiger partial charge in [-0.25, -0.2) is 0 Å². The summed E-state index contributed by atoms with van der Waals surface area (Å²) in [6, 6.07) is 39.7. The Labute approximate surface area is 269 Å². The lowest BCUT2D eigenvalue weighted by molar-refractivity contribution is 0.242. The van der Waals surface area contributed by atoms with E-state index < -0.39 is 0 Å². The maximum Gasteiger partial charge on any atom is 0.170 e. The Morgan fingerprint density at radius 2 is 0.761 bits per heavy atom. The van der Waals surface area contributed by atoms with Crippen LogP contribution in [0.4, 0.5) is 11.4 Å². The number of hydrogen-bond acceptors (Lipinski definition) is 4. The second-order valence-corrected chi connectivity index (χ2v) is 12.5. The van der Waals surface area contributed by atoms with Gasteiger partial charge in [-0.2, -0.15) is 0 Å². The highest BCUT2D eigenvalue weighted by atomic mass is 16.5. The van der Waals surface area contributed by atoms with E-state index in [0.29, 0.717) is 13.2 Å². The Bertz CT molecular complexity index is 2160. The summed E-state index contributed by atoms with van der Waals surface area (Å²) in [4.78, 5) is 5.15. The van der Waals surface area contributed by atoms with Crippen LogP contribution in [-0.4, -0.2) is 13.1 Å². The molecule has 0 fully saturated rings. The zero-order chi connectivity index (χ0) is 30.8. The van der Waals surface area contributed by atoms with E-state index >= 15 is 0 Å². The lowest BCUT2D eigenvalue weighted by Crippen LogP contribution is -2.32. The SMILES string of the molecule is CCN1Cc2cc3c(cc2CN(CC)c2c1c1ccccc1c1ccccc21)COc1c(c2ccccc2c2ccccc12)OC3. The summed E-state index contributed by atoms with van der Waals surface area (Å²) in [7, 11) is 0. The van der Waals surface area contributed by atoms with Crippen LogP contribution in [0.15, 0.2) is 109 Å². The van der Waals surface area contributed by atoms with Crippen molar-refractivity contribution in [2.75, 3.05) is 22.9 Å². The highest BCUT2D eigenvalue weighted by Crippen LogP contribution is 2.48. The van der Waals surface area contributed by atoms with Gasteiger partial charge in [0.05, 0.1) is 11.4 Å². The van der Waals surface area contributed by atoms with Gasteiger partial charge in [0.15, 0.2) is 11.5 Å². The van der Waals surface area contributed by atoms with Gasteiger partial charge in [0.25, 0.3) is 0 Å². The van der Waals surface area contributed by atoms with Crippen molar-refractivity contribution in [3.8, 4) is 11.5 Å². The van der Waals surface area contributed by atoms with Crippen molar-refractivity contribution in [2.24, 2.45) is 0 Å². The average molecular weight is 601 g/mol. The van der Waals surface area contributed by atoms with Crippen molar-refractivity contribution in [1.29, 1.82) is 0 Å². The first-order valence-corrected chi connectivity index (χ1v) is 16.5. The number of nitrogens with zero attached hydrogens (tertiary/aromatic N) is 2. The zero-order valence-corrected chi connectivity index (χ0v) is 26.3. The monoisotopic (exact) mass is 600 g/mol. The molecule has 9 rings (SSSR count). The molecule has 0 saturated heterocycles. The van der Waals surface area contributed by atoms with Crippen LogP contribution < -0.4 is 19.3 Å². The molecule has 0 spiro atoms. The van der Waals surface area contributed by atoms with Gasteiger partial charge in [-0.1, -0.05) is 97.1 Å². The predicted molar refractivity (Wildman–Crippen MR) is 191 cm³/mol. The fourth-order valence-electron chi connectivity index (χ4n) is 7.87. The summed E-state index contributed by atoms with van der Waals surface area (Å²) >= 11 is 0. The van der Waals surface area contributed by atoms with Crippen LogP contribution in [-0.2, 0) is 26.3 Å². The molecule has 0 amide bonds. The van der Waals surface area contributed by atoms with E-state index in [-0.39, 0.29) is 0 Å². The highest BCUT2D eigenvalue weighted by molar-refractivity contribution is 6.20. The van der Waals surface area contributed by atoms with E-state index in [4.69, 9.17) is 9.47 Å². The van der Waals surface area contributed by atoms with E-state index in [9.17, 15) is 0 Å². The number of rotatable bonds is 2. The van der Waals surface area contributed by atoms with E-state index in [0.717, 1.165) is 48.5 Å². The van der Waals surface area contributed by atoms with Crippen LogP contribution in [0.1, 0.15) is 36.1 Å². The average Bonchev–Trinajstić information content (AvgIpc) is 3.09. The van der Waals surface area contributed by atoms with Crippen LogP contribution in [0, 0.1) is 0 Å². The van der Waals surface area contributed by atoms with Crippen molar-refractivity contribution in [3.05, 3.63) is 131 Å². The summed E-state index contributed by atoms with van der Waals surface area (Å²) in [6.45, 7) is 9.09. The molecule has 2 heterocycles. The van der Waals surface area contributed by atoms with E-state index in [1.165, 1.54) is 65.9 Å². The van der Waals surface area contributed by atoms with Gasteiger partial charge in [-0.15, -0.1) is 0 Å². The molecule has 0 saturated carbocycles. The highest BCUT2D eigenvalue weighted by Gasteiger charge is 2.28. The predicted octanol–water partition coefficient (Wildman–Crippen LogP) is 10.1. The molecule has 4 heteroatoms. The first-order valence-electron chi connectivity index (χ1n) is 16.5. The molecule has 0 unspecified atom stereocenters. The number of fused-ring (bicyclic) bond motifs is 14. The maximum atomic E-state index is 6.73. The Morgan fingerprint density at radius 3 is 1.13 bits per heavy atom. The fourth-order valence-corrected chi connectivity index (χ4v) is 7.87. The molecule has 2 aliphatic rings. The third-order valence-corrected chi connectivity index (χ3v) is 10.1. The summed E-state index contributed by atoms with van der Waals surface area (Å²) < 4.78 is 13.5. The summed E-state index contributed by atoms with van der Waals surface area (Å²) in [5.41, 5.74) is 7.78. The summed E-state index contributed by atoms with van der Waals surface area (Å²) in [6.07, 6.45) is 0. The van der Waals surface area contributed by atoms with Gasteiger partial charge < -0.3 is 19.3 Å². The van der Waals surface area contributed by atoms with Gasteiger partial charge in [-0.05, 0) is 69.8 Å². The molecule has 0 bridgehead atoms. The van der Waals surface area contributed by atoms with Crippen molar-refractivity contribution in [3.63, 3.8) is 0 Å². The second-order valence-electron chi connectivity index (χ2n) is 12.5. The molecule has 0 N–H and O–H groups in total. The molecule has 4 nitrogen and oxygen atoms in total. The van der Waals surface area contributed by atoms with Crippen LogP contribution >= 0.6 is 0 Å². The first-order chi connectivity index (χ1) is 22.7. The van der Waals surface area contributed by atoms with Crippen LogP contribution in [0.2, 0.25) is 0 Å². The third kappa shape index (κ3) is 4.06. The lowest BCUT2D eigenvalue weighted by Gasteiger charge is -2.38. The molecule has 0 aromatic heterocycles. The van der Waals surface area contributed by atoms with E-state index in [1.54, 1.807) is 0 Å². The smallest absolute Gasteiger partial charge is 0.170 e. The Morgan fingerprint density at radius 1 is 0.435 bits per heavy atom. The molecule has 0 aliphatic carbocycles. The Kier molecular flexibility index (Phi) is 6.31. The maximum absolute atomic E-state index is 6.73. The van der Waals surface area contributed by atoms with Gasteiger partial charge >= 0.3 is 0 Å². The Hall–Kier alpha value is -5.22. The fraction of sp³-hybridized carbons (Fsp3) is 0.190. The Balaban J connectivity index is 1.19. The zero-order valence-electron chi connectivity index (χ0n) is 26.3. The minimum absolute atomic E-state index is 0.509. The van der Waals surface area contributed by atoms with Gasteiger partial charge in [0.2, 0.25) is 0 Å². The summed E-state index contributed by atoms with van der Waals surface area (Å²) in [5, 5.41) is 9.84. The minimum atomic E-state index is 0.509. The van der Waals surface area contributed by atoms with Crippen molar-refractivity contribution in [2.45, 2.75) is 40.2 Å².